The first-order chi connectivity index (χ1) is 11.1. The molecule has 2 atom stereocenters. The SMILES string of the molecule is COc1ccc2ncc(F)c(C(O)CN3CCCC(F)C3)c2n1. The van der Waals surface area contributed by atoms with Crippen molar-refractivity contribution in [3.63, 3.8) is 0 Å². The van der Waals surface area contributed by atoms with Gasteiger partial charge in [-0.15, -0.1) is 0 Å². The number of likely N-dealkylation sites (tertiary alicyclic amines) is 1. The number of hydrogen-bond acceptors (Lipinski definition) is 5. The summed E-state index contributed by atoms with van der Waals surface area (Å²) in [6.45, 7) is 1.12. The predicted molar refractivity (Wildman–Crippen MR) is 81.6 cm³/mol. The molecule has 0 bridgehead atoms. The molecule has 0 aromatic carbocycles. The van der Waals surface area contributed by atoms with Crippen molar-refractivity contribution in [1.82, 2.24) is 14.9 Å². The number of alkyl halides is 1. The lowest BCUT2D eigenvalue weighted by molar-refractivity contribution is 0.0721. The first-order valence-corrected chi connectivity index (χ1v) is 7.62. The van der Waals surface area contributed by atoms with E-state index in [0.717, 1.165) is 12.6 Å². The Morgan fingerprint density at radius 3 is 3.04 bits per heavy atom. The molecule has 0 radical (unpaired) electrons. The molecule has 0 amide bonds. The lowest BCUT2D eigenvalue weighted by atomic mass is 10.0. The normalized spacial score (nSPS) is 20.6. The maximum absolute atomic E-state index is 14.2. The largest absolute Gasteiger partial charge is 0.481 e. The molecule has 23 heavy (non-hydrogen) atoms. The highest BCUT2D eigenvalue weighted by Gasteiger charge is 2.25. The van der Waals surface area contributed by atoms with Gasteiger partial charge in [-0.2, -0.15) is 0 Å². The number of β-amino-alcohol motifs (C(OH)–C–C–N with tert-alkyl or cyclic N) is 1. The van der Waals surface area contributed by atoms with Crippen LogP contribution < -0.4 is 4.74 Å². The fourth-order valence-corrected chi connectivity index (χ4v) is 2.98. The van der Waals surface area contributed by atoms with Crippen molar-refractivity contribution in [3.8, 4) is 5.88 Å². The monoisotopic (exact) mass is 323 g/mol. The summed E-state index contributed by atoms with van der Waals surface area (Å²) in [5.74, 6) is -0.306. The molecule has 3 heterocycles. The van der Waals surface area contributed by atoms with Gasteiger partial charge in [0, 0.05) is 24.7 Å². The van der Waals surface area contributed by atoms with Gasteiger partial charge in [0.2, 0.25) is 5.88 Å². The number of piperidine rings is 1. The summed E-state index contributed by atoms with van der Waals surface area (Å²) >= 11 is 0. The molecule has 0 spiro atoms. The van der Waals surface area contributed by atoms with E-state index in [9.17, 15) is 13.9 Å². The van der Waals surface area contributed by atoms with E-state index in [2.05, 4.69) is 9.97 Å². The minimum absolute atomic E-state index is 0.0786. The standard InChI is InChI=1S/C16H19F2N3O2/c1-23-14-5-4-12-16(20-14)15(11(18)7-19-12)13(22)9-21-6-2-3-10(17)8-21/h4-5,7,10,13,22H,2-3,6,8-9H2,1H3. The summed E-state index contributed by atoms with van der Waals surface area (Å²) in [5.41, 5.74) is 0.823. The quantitative estimate of drug-likeness (QED) is 0.935. The highest BCUT2D eigenvalue weighted by atomic mass is 19.1. The smallest absolute Gasteiger partial charge is 0.213 e. The molecule has 2 unspecified atom stereocenters. The highest BCUT2D eigenvalue weighted by Crippen LogP contribution is 2.27. The van der Waals surface area contributed by atoms with E-state index in [1.807, 2.05) is 4.90 Å². The van der Waals surface area contributed by atoms with Crippen LogP contribution in [0.4, 0.5) is 8.78 Å². The maximum atomic E-state index is 14.2. The van der Waals surface area contributed by atoms with Gasteiger partial charge in [-0.1, -0.05) is 0 Å². The molecule has 1 aliphatic rings. The van der Waals surface area contributed by atoms with E-state index in [-0.39, 0.29) is 24.2 Å². The molecule has 0 aliphatic carbocycles. The van der Waals surface area contributed by atoms with Gasteiger partial charge in [0.15, 0.2) is 0 Å². The average molecular weight is 323 g/mol. The Morgan fingerprint density at radius 2 is 2.30 bits per heavy atom. The van der Waals surface area contributed by atoms with Crippen molar-refractivity contribution in [2.45, 2.75) is 25.1 Å². The number of hydrogen-bond donors (Lipinski definition) is 1. The number of nitrogens with zero attached hydrogens (tertiary/aromatic N) is 3. The zero-order chi connectivity index (χ0) is 16.4. The zero-order valence-electron chi connectivity index (χ0n) is 12.9. The summed E-state index contributed by atoms with van der Waals surface area (Å²) in [4.78, 5) is 10.00. The molecule has 5 nitrogen and oxygen atoms in total. The van der Waals surface area contributed by atoms with Crippen molar-refractivity contribution in [1.29, 1.82) is 0 Å². The Labute approximate surface area is 132 Å². The number of aromatic nitrogens is 2. The molecule has 1 N–H and O–H groups in total. The van der Waals surface area contributed by atoms with Gasteiger partial charge in [0.25, 0.3) is 0 Å². The van der Waals surface area contributed by atoms with Gasteiger partial charge in [-0.05, 0) is 25.5 Å². The summed E-state index contributed by atoms with van der Waals surface area (Å²) < 4.78 is 32.8. The van der Waals surface area contributed by atoms with E-state index in [0.29, 0.717) is 24.4 Å². The zero-order valence-corrected chi connectivity index (χ0v) is 12.9. The molecule has 0 saturated carbocycles. The number of pyridine rings is 2. The second-order valence-corrected chi connectivity index (χ2v) is 5.76. The predicted octanol–water partition coefficient (Wildman–Crippen LogP) is 2.24. The fourth-order valence-electron chi connectivity index (χ4n) is 2.98. The number of rotatable bonds is 4. The van der Waals surface area contributed by atoms with Crippen LogP contribution in [0.1, 0.15) is 24.5 Å². The van der Waals surface area contributed by atoms with Gasteiger partial charge in [0.05, 0.1) is 24.9 Å². The fraction of sp³-hybridized carbons (Fsp3) is 0.500. The summed E-state index contributed by atoms with van der Waals surface area (Å²) in [7, 11) is 1.46. The van der Waals surface area contributed by atoms with Crippen LogP contribution in [0.25, 0.3) is 11.0 Å². The Morgan fingerprint density at radius 1 is 1.48 bits per heavy atom. The Bertz CT molecular complexity index is 698. The molecular weight excluding hydrogens is 304 g/mol. The summed E-state index contributed by atoms with van der Waals surface area (Å²) in [6.07, 6.45) is 0.347. The van der Waals surface area contributed by atoms with Crippen molar-refractivity contribution in [2.24, 2.45) is 0 Å². The Balaban J connectivity index is 1.92. The molecular formula is C16H19F2N3O2. The van der Waals surface area contributed by atoms with Crippen LogP contribution in [0.5, 0.6) is 5.88 Å². The first kappa shape index (κ1) is 16.0. The molecule has 2 aromatic rings. The van der Waals surface area contributed by atoms with Crippen LogP contribution in [0.2, 0.25) is 0 Å². The summed E-state index contributed by atoms with van der Waals surface area (Å²) in [5, 5.41) is 10.5. The van der Waals surface area contributed by atoms with E-state index in [1.165, 1.54) is 7.11 Å². The number of aliphatic hydroxyl groups excluding tert-OH is 1. The number of aliphatic hydroxyl groups is 1. The van der Waals surface area contributed by atoms with E-state index >= 15 is 0 Å². The summed E-state index contributed by atoms with van der Waals surface area (Å²) in [6, 6.07) is 3.29. The maximum Gasteiger partial charge on any atom is 0.213 e. The highest BCUT2D eigenvalue weighted by molar-refractivity contribution is 5.78. The lowest BCUT2D eigenvalue weighted by Gasteiger charge is -2.30. The lowest BCUT2D eigenvalue weighted by Crippen LogP contribution is -2.39. The van der Waals surface area contributed by atoms with E-state index in [1.54, 1.807) is 12.1 Å². The second-order valence-electron chi connectivity index (χ2n) is 5.76. The third-order valence-electron chi connectivity index (χ3n) is 4.10. The Kier molecular flexibility index (Phi) is 4.68. The molecule has 124 valence electrons. The number of fused-ring (bicyclic) bond motifs is 1. The van der Waals surface area contributed by atoms with Crippen molar-refractivity contribution in [2.75, 3.05) is 26.7 Å². The first-order valence-electron chi connectivity index (χ1n) is 7.62. The number of methoxy groups -OCH3 is 1. The van der Waals surface area contributed by atoms with Crippen LogP contribution in [0, 0.1) is 5.82 Å². The van der Waals surface area contributed by atoms with Crippen LogP contribution in [0.3, 0.4) is 0 Å². The van der Waals surface area contributed by atoms with Gasteiger partial charge in [-0.25, -0.2) is 13.8 Å². The molecule has 3 rings (SSSR count). The third-order valence-corrected chi connectivity index (χ3v) is 4.10. The number of ether oxygens (including phenoxy) is 1. The Hall–Kier alpha value is -1.86. The molecule has 7 heteroatoms. The van der Waals surface area contributed by atoms with Gasteiger partial charge >= 0.3 is 0 Å². The molecule has 1 aliphatic heterocycles. The van der Waals surface area contributed by atoms with Crippen LogP contribution >= 0.6 is 0 Å². The number of halogens is 2. The van der Waals surface area contributed by atoms with E-state index in [4.69, 9.17) is 4.74 Å². The minimum atomic E-state index is -1.11. The third kappa shape index (κ3) is 3.40. The molecule has 1 fully saturated rings. The van der Waals surface area contributed by atoms with Crippen LogP contribution in [0.15, 0.2) is 18.3 Å². The van der Waals surface area contributed by atoms with Gasteiger partial charge in [0.1, 0.15) is 17.5 Å². The second kappa shape index (κ2) is 6.72. The molecule has 1 saturated heterocycles. The average Bonchev–Trinajstić information content (AvgIpc) is 2.54. The van der Waals surface area contributed by atoms with Crippen molar-refractivity contribution < 1.29 is 18.6 Å². The molecule has 2 aromatic heterocycles. The van der Waals surface area contributed by atoms with E-state index < -0.39 is 18.1 Å². The van der Waals surface area contributed by atoms with Gasteiger partial charge < -0.3 is 9.84 Å². The van der Waals surface area contributed by atoms with Crippen molar-refractivity contribution >= 4 is 11.0 Å². The van der Waals surface area contributed by atoms with Crippen LogP contribution in [-0.2, 0) is 0 Å². The van der Waals surface area contributed by atoms with Crippen molar-refractivity contribution in [3.05, 3.63) is 29.7 Å². The van der Waals surface area contributed by atoms with Crippen LogP contribution in [-0.4, -0.2) is 52.9 Å². The van der Waals surface area contributed by atoms with Gasteiger partial charge in [-0.3, -0.25) is 9.88 Å². The minimum Gasteiger partial charge on any atom is -0.481 e. The topological polar surface area (TPSA) is 58.5 Å².